The molecule has 3 nitrogen and oxygen atoms in total. The van der Waals surface area contributed by atoms with Crippen LogP contribution in [0.5, 0.6) is 0 Å². The summed E-state index contributed by atoms with van der Waals surface area (Å²) in [6, 6.07) is 0.474. The summed E-state index contributed by atoms with van der Waals surface area (Å²) in [6.07, 6.45) is 7.90. The first-order valence-electron chi connectivity index (χ1n) is 4.52. The van der Waals surface area contributed by atoms with Crippen molar-refractivity contribution in [3.05, 3.63) is 30.6 Å². The van der Waals surface area contributed by atoms with Crippen LogP contribution in [0, 0.1) is 0 Å². The van der Waals surface area contributed by atoms with E-state index in [4.69, 9.17) is 0 Å². The van der Waals surface area contributed by atoms with Crippen molar-refractivity contribution in [2.24, 2.45) is 7.05 Å². The molecule has 0 radical (unpaired) electrons. The third-order valence-electron chi connectivity index (χ3n) is 2.10. The number of hydrogen-bond acceptors (Lipinski definition) is 2. The van der Waals surface area contributed by atoms with Gasteiger partial charge in [0.05, 0.1) is 6.20 Å². The van der Waals surface area contributed by atoms with E-state index < -0.39 is 0 Å². The molecule has 0 bridgehead atoms. The van der Waals surface area contributed by atoms with E-state index in [1.54, 1.807) is 0 Å². The number of nitrogens with one attached hydrogen (secondary N) is 1. The predicted octanol–water partition coefficient (Wildman–Crippen LogP) is 1.13. The summed E-state index contributed by atoms with van der Waals surface area (Å²) >= 11 is 0. The molecule has 13 heavy (non-hydrogen) atoms. The van der Waals surface area contributed by atoms with Crippen LogP contribution in [-0.4, -0.2) is 22.9 Å². The Morgan fingerprint density at radius 2 is 2.54 bits per heavy atom. The molecular formula is C10H17N3. The first kappa shape index (κ1) is 9.99. The maximum atomic E-state index is 4.13. The maximum absolute atomic E-state index is 4.13. The van der Waals surface area contributed by atoms with Gasteiger partial charge < -0.3 is 5.32 Å². The normalized spacial score (nSPS) is 12.8. The van der Waals surface area contributed by atoms with Crippen LogP contribution in [0.15, 0.2) is 25.0 Å². The maximum Gasteiger partial charge on any atom is 0.0522 e. The Bertz CT molecular complexity index is 265. The fraction of sp³-hybridized carbons (Fsp3) is 0.500. The van der Waals surface area contributed by atoms with E-state index in [1.807, 2.05) is 37.2 Å². The van der Waals surface area contributed by atoms with E-state index in [0.717, 1.165) is 12.8 Å². The van der Waals surface area contributed by atoms with Crippen LogP contribution in [-0.2, 0) is 13.5 Å². The van der Waals surface area contributed by atoms with Gasteiger partial charge in [-0.2, -0.15) is 5.10 Å². The van der Waals surface area contributed by atoms with Gasteiger partial charge in [0.15, 0.2) is 0 Å². The van der Waals surface area contributed by atoms with E-state index in [9.17, 15) is 0 Å². The van der Waals surface area contributed by atoms with Crippen molar-refractivity contribution in [3.63, 3.8) is 0 Å². The van der Waals surface area contributed by atoms with Gasteiger partial charge in [0.2, 0.25) is 0 Å². The van der Waals surface area contributed by atoms with Gasteiger partial charge in [-0.3, -0.25) is 4.68 Å². The molecule has 0 aliphatic carbocycles. The number of nitrogens with zero attached hydrogens (tertiary/aromatic N) is 2. The van der Waals surface area contributed by atoms with Gasteiger partial charge in [-0.25, -0.2) is 0 Å². The van der Waals surface area contributed by atoms with Gasteiger partial charge in [0, 0.05) is 19.3 Å². The Balaban J connectivity index is 2.50. The molecule has 0 aliphatic rings. The molecule has 1 heterocycles. The van der Waals surface area contributed by atoms with Crippen LogP contribution in [0.1, 0.15) is 12.0 Å². The highest BCUT2D eigenvalue weighted by Crippen LogP contribution is 2.04. The summed E-state index contributed by atoms with van der Waals surface area (Å²) in [6.45, 7) is 3.73. The SMILES string of the molecule is C=CCC(Cc1cnn(C)c1)NC. The minimum absolute atomic E-state index is 0.474. The van der Waals surface area contributed by atoms with Gasteiger partial charge >= 0.3 is 0 Å². The lowest BCUT2D eigenvalue weighted by atomic mass is 10.1. The molecule has 0 amide bonds. The molecule has 0 spiro atoms. The van der Waals surface area contributed by atoms with Gasteiger partial charge in [0.25, 0.3) is 0 Å². The molecule has 1 atom stereocenters. The number of aromatic nitrogens is 2. The van der Waals surface area contributed by atoms with E-state index in [-0.39, 0.29) is 0 Å². The number of hydrogen-bond donors (Lipinski definition) is 1. The Hall–Kier alpha value is -1.09. The Kier molecular flexibility index (Phi) is 3.71. The first-order valence-corrected chi connectivity index (χ1v) is 4.52. The Labute approximate surface area is 79.5 Å². The van der Waals surface area contributed by atoms with Crippen LogP contribution >= 0.6 is 0 Å². The second-order valence-electron chi connectivity index (χ2n) is 3.24. The molecule has 0 aromatic carbocycles. The van der Waals surface area contributed by atoms with E-state index in [2.05, 4.69) is 17.0 Å². The van der Waals surface area contributed by atoms with Gasteiger partial charge in [-0.1, -0.05) is 6.08 Å². The lowest BCUT2D eigenvalue weighted by molar-refractivity contribution is 0.566. The third-order valence-corrected chi connectivity index (χ3v) is 2.10. The topological polar surface area (TPSA) is 29.9 Å². The fourth-order valence-corrected chi connectivity index (χ4v) is 1.37. The number of likely N-dealkylation sites (N-methyl/N-ethyl adjacent to an activating group) is 1. The quantitative estimate of drug-likeness (QED) is 0.687. The first-order chi connectivity index (χ1) is 6.26. The minimum Gasteiger partial charge on any atom is -0.316 e. The van der Waals surface area contributed by atoms with Crippen molar-refractivity contribution in [2.45, 2.75) is 18.9 Å². The van der Waals surface area contributed by atoms with Crippen molar-refractivity contribution in [1.29, 1.82) is 0 Å². The molecule has 1 N–H and O–H groups in total. The molecule has 1 aromatic heterocycles. The Morgan fingerprint density at radius 1 is 1.77 bits per heavy atom. The molecule has 0 aliphatic heterocycles. The summed E-state index contributed by atoms with van der Waals surface area (Å²) < 4.78 is 1.83. The molecule has 0 fully saturated rings. The highest BCUT2D eigenvalue weighted by Gasteiger charge is 2.05. The lowest BCUT2D eigenvalue weighted by Crippen LogP contribution is -2.26. The highest BCUT2D eigenvalue weighted by molar-refractivity contribution is 5.06. The van der Waals surface area contributed by atoms with Gasteiger partial charge in [-0.15, -0.1) is 6.58 Å². The molecule has 1 rings (SSSR count). The van der Waals surface area contributed by atoms with Crippen LogP contribution in [0.3, 0.4) is 0 Å². The van der Waals surface area contributed by atoms with Crippen molar-refractivity contribution in [2.75, 3.05) is 7.05 Å². The minimum atomic E-state index is 0.474. The van der Waals surface area contributed by atoms with Crippen LogP contribution in [0.25, 0.3) is 0 Å². The summed E-state index contributed by atoms with van der Waals surface area (Å²) in [5, 5.41) is 7.38. The smallest absolute Gasteiger partial charge is 0.0522 e. The lowest BCUT2D eigenvalue weighted by Gasteiger charge is -2.11. The standard InChI is InChI=1S/C10H17N3/c1-4-5-10(11-2)6-9-7-12-13(3)8-9/h4,7-8,10-11H,1,5-6H2,2-3H3. The van der Waals surface area contributed by atoms with Gasteiger partial charge in [0.1, 0.15) is 0 Å². The second kappa shape index (κ2) is 4.82. The average molecular weight is 179 g/mol. The van der Waals surface area contributed by atoms with E-state index >= 15 is 0 Å². The molecule has 3 heteroatoms. The van der Waals surface area contributed by atoms with E-state index in [1.165, 1.54) is 5.56 Å². The van der Waals surface area contributed by atoms with Crippen molar-refractivity contribution in [3.8, 4) is 0 Å². The highest BCUT2D eigenvalue weighted by atomic mass is 15.2. The summed E-state index contributed by atoms with van der Waals surface area (Å²) in [5.74, 6) is 0. The van der Waals surface area contributed by atoms with Crippen LogP contribution < -0.4 is 5.32 Å². The molecule has 0 saturated carbocycles. The zero-order valence-corrected chi connectivity index (χ0v) is 8.33. The molecule has 1 aromatic rings. The predicted molar refractivity (Wildman–Crippen MR) is 54.6 cm³/mol. The number of rotatable bonds is 5. The Morgan fingerprint density at radius 3 is 3.00 bits per heavy atom. The zero-order chi connectivity index (χ0) is 9.68. The zero-order valence-electron chi connectivity index (χ0n) is 8.33. The monoisotopic (exact) mass is 179 g/mol. The third kappa shape index (κ3) is 3.03. The summed E-state index contributed by atoms with van der Waals surface area (Å²) in [5.41, 5.74) is 1.27. The van der Waals surface area contributed by atoms with Crippen molar-refractivity contribution in [1.82, 2.24) is 15.1 Å². The molecule has 0 saturated heterocycles. The molecular weight excluding hydrogens is 162 g/mol. The van der Waals surface area contributed by atoms with Crippen molar-refractivity contribution >= 4 is 0 Å². The summed E-state index contributed by atoms with van der Waals surface area (Å²) in [7, 11) is 3.91. The van der Waals surface area contributed by atoms with Crippen molar-refractivity contribution < 1.29 is 0 Å². The largest absolute Gasteiger partial charge is 0.316 e. The fourth-order valence-electron chi connectivity index (χ4n) is 1.37. The average Bonchev–Trinajstić information content (AvgIpc) is 2.50. The molecule has 72 valence electrons. The number of aryl methyl sites for hydroxylation is 1. The second-order valence-corrected chi connectivity index (χ2v) is 3.24. The summed E-state index contributed by atoms with van der Waals surface area (Å²) in [4.78, 5) is 0. The van der Waals surface area contributed by atoms with Crippen LogP contribution in [0.2, 0.25) is 0 Å². The van der Waals surface area contributed by atoms with Crippen LogP contribution in [0.4, 0.5) is 0 Å². The van der Waals surface area contributed by atoms with Gasteiger partial charge in [-0.05, 0) is 25.5 Å². The molecule has 1 unspecified atom stereocenters. The van der Waals surface area contributed by atoms with E-state index in [0.29, 0.717) is 6.04 Å².